The topological polar surface area (TPSA) is 54.2 Å². The summed E-state index contributed by atoms with van der Waals surface area (Å²) >= 11 is 1.64. The van der Waals surface area contributed by atoms with E-state index < -0.39 is 0 Å². The molecule has 106 valence electrons. The van der Waals surface area contributed by atoms with Crippen molar-refractivity contribution in [2.24, 2.45) is 5.92 Å². The van der Waals surface area contributed by atoms with E-state index in [4.69, 9.17) is 4.52 Å². The van der Waals surface area contributed by atoms with Crippen LogP contribution in [0.2, 0.25) is 0 Å². The molecule has 0 aliphatic carbocycles. The first-order chi connectivity index (χ1) is 9.88. The fraction of sp³-hybridized carbons (Fsp3) is 0.571. The van der Waals surface area contributed by atoms with Gasteiger partial charge in [0.25, 0.3) is 0 Å². The molecule has 20 heavy (non-hydrogen) atoms. The molecule has 6 heteroatoms. The Labute approximate surface area is 122 Å². The molecule has 2 atom stereocenters. The van der Waals surface area contributed by atoms with Crippen LogP contribution in [0.15, 0.2) is 22.0 Å². The van der Waals surface area contributed by atoms with Gasteiger partial charge in [-0.05, 0) is 36.8 Å². The van der Waals surface area contributed by atoms with Crippen LogP contribution in [0.4, 0.5) is 0 Å². The molecule has 0 amide bonds. The van der Waals surface area contributed by atoms with Gasteiger partial charge in [0.2, 0.25) is 11.7 Å². The van der Waals surface area contributed by atoms with Crippen molar-refractivity contribution >= 4 is 11.3 Å². The molecule has 2 aromatic rings. The third-order valence-electron chi connectivity index (χ3n) is 4.24. The molecule has 0 spiro atoms. The molecule has 0 bridgehead atoms. The molecule has 2 saturated heterocycles. The number of nitrogens with zero attached hydrogens (tertiary/aromatic N) is 3. The van der Waals surface area contributed by atoms with Gasteiger partial charge in [0.1, 0.15) is 0 Å². The maximum absolute atomic E-state index is 5.39. The molecular weight excluding hydrogens is 272 g/mol. The first-order valence-corrected chi connectivity index (χ1v) is 8.08. The lowest BCUT2D eigenvalue weighted by Crippen LogP contribution is -2.40. The Hall–Kier alpha value is -1.24. The summed E-state index contributed by atoms with van der Waals surface area (Å²) in [5.41, 5.74) is 0. The third-order valence-corrected chi connectivity index (χ3v) is 5.11. The minimum atomic E-state index is 0.656. The van der Waals surface area contributed by atoms with Crippen LogP contribution in [0, 0.1) is 5.92 Å². The largest absolute Gasteiger partial charge is 0.338 e. The summed E-state index contributed by atoms with van der Waals surface area (Å²) in [7, 11) is 0. The van der Waals surface area contributed by atoms with Crippen LogP contribution in [-0.4, -0.2) is 40.7 Å². The van der Waals surface area contributed by atoms with Crippen molar-refractivity contribution in [3.8, 4) is 10.7 Å². The van der Waals surface area contributed by atoms with Gasteiger partial charge < -0.3 is 9.84 Å². The summed E-state index contributed by atoms with van der Waals surface area (Å²) in [5, 5.41) is 9.72. The molecular formula is C14H18N4OS. The molecule has 2 aliphatic rings. The molecule has 0 radical (unpaired) electrons. The zero-order chi connectivity index (χ0) is 13.4. The number of thiophene rings is 1. The molecule has 2 aromatic heterocycles. The minimum Gasteiger partial charge on any atom is -0.338 e. The maximum atomic E-state index is 5.39. The van der Waals surface area contributed by atoms with E-state index in [1.165, 1.54) is 12.8 Å². The molecule has 0 saturated carbocycles. The van der Waals surface area contributed by atoms with Crippen molar-refractivity contribution in [2.75, 3.05) is 19.6 Å². The van der Waals surface area contributed by atoms with E-state index in [0.29, 0.717) is 11.9 Å². The lowest BCUT2D eigenvalue weighted by molar-refractivity contribution is 0.259. The first kappa shape index (κ1) is 12.5. The van der Waals surface area contributed by atoms with Gasteiger partial charge in [-0.1, -0.05) is 11.2 Å². The fourth-order valence-electron chi connectivity index (χ4n) is 3.28. The average Bonchev–Trinajstić information content (AvgIpc) is 3.18. The first-order valence-electron chi connectivity index (χ1n) is 7.21. The highest BCUT2D eigenvalue weighted by atomic mass is 32.1. The van der Waals surface area contributed by atoms with Crippen LogP contribution >= 0.6 is 11.3 Å². The highest BCUT2D eigenvalue weighted by Crippen LogP contribution is 2.26. The van der Waals surface area contributed by atoms with Gasteiger partial charge in [-0.25, -0.2) is 0 Å². The average molecular weight is 290 g/mol. The van der Waals surface area contributed by atoms with E-state index in [2.05, 4.69) is 20.4 Å². The van der Waals surface area contributed by atoms with Crippen molar-refractivity contribution < 1.29 is 4.52 Å². The lowest BCUT2D eigenvalue weighted by Gasteiger charge is -2.24. The van der Waals surface area contributed by atoms with Crippen molar-refractivity contribution in [1.29, 1.82) is 0 Å². The number of aromatic nitrogens is 2. The van der Waals surface area contributed by atoms with E-state index in [0.717, 1.165) is 42.9 Å². The van der Waals surface area contributed by atoms with Crippen molar-refractivity contribution in [2.45, 2.75) is 25.4 Å². The molecule has 0 aromatic carbocycles. The molecule has 2 unspecified atom stereocenters. The zero-order valence-corrected chi connectivity index (χ0v) is 12.1. The van der Waals surface area contributed by atoms with E-state index >= 15 is 0 Å². The second kappa shape index (κ2) is 5.27. The standard InChI is InChI=1S/C14H18N4OS/c1-3-10-7-18(8-11(10)15-5-1)9-13-16-14(17-19-13)12-4-2-6-20-12/h2,4,6,10-11,15H,1,3,5,7-9H2. The SMILES string of the molecule is c1csc(-c2noc(CN3CC4CCCNC4C3)n2)c1. The van der Waals surface area contributed by atoms with Gasteiger partial charge in [-0.2, -0.15) is 4.98 Å². The quantitative estimate of drug-likeness (QED) is 0.937. The molecule has 1 N–H and O–H groups in total. The molecule has 4 rings (SSSR count). The van der Waals surface area contributed by atoms with E-state index in [9.17, 15) is 0 Å². The normalized spacial score (nSPS) is 26.8. The Balaban J connectivity index is 1.42. The summed E-state index contributed by atoms with van der Waals surface area (Å²) in [5.74, 6) is 2.24. The Kier molecular flexibility index (Phi) is 3.29. The molecule has 5 nitrogen and oxygen atoms in total. The second-order valence-electron chi connectivity index (χ2n) is 5.65. The van der Waals surface area contributed by atoms with Crippen LogP contribution in [0.25, 0.3) is 10.7 Å². The number of rotatable bonds is 3. The second-order valence-corrected chi connectivity index (χ2v) is 6.59. The smallest absolute Gasteiger partial charge is 0.241 e. The predicted octanol–water partition coefficient (Wildman–Crippen LogP) is 1.98. The van der Waals surface area contributed by atoms with Crippen LogP contribution in [-0.2, 0) is 6.54 Å². The Morgan fingerprint density at radius 1 is 1.45 bits per heavy atom. The monoisotopic (exact) mass is 290 g/mol. The van der Waals surface area contributed by atoms with Crippen molar-refractivity contribution in [3.05, 3.63) is 23.4 Å². The molecule has 4 heterocycles. The Morgan fingerprint density at radius 3 is 3.30 bits per heavy atom. The summed E-state index contributed by atoms with van der Waals surface area (Å²) in [6.07, 6.45) is 2.65. The number of likely N-dealkylation sites (tertiary alicyclic amines) is 1. The summed E-state index contributed by atoms with van der Waals surface area (Å²) in [6.45, 7) is 4.18. The van der Waals surface area contributed by atoms with Gasteiger partial charge in [-0.3, -0.25) is 4.90 Å². The number of nitrogens with one attached hydrogen (secondary N) is 1. The molecule has 2 fully saturated rings. The zero-order valence-electron chi connectivity index (χ0n) is 11.3. The van der Waals surface area contributed by atoms with Crippen LogP contribution in [0.1, 0.15) is 18.7 Å². The lowest BCUT2D eigenvalue weighted by atomic mass is 9.94. The minimum absolute atomic E-state index is 0.656. The van der Waals surface area contributed by atoms with Crippen LogP contribution < -0.4 is 5.32 Å². The van der Waals surface area contributed by atoms with E-state index in [1.807, 2.05) is 17.5 Å². The van der Waals surface area contributed by atoms with E-state index in [-0.39, 0.29) is 0 Å². The highest BCUT2D eigenvalue weighted by Gasteiger charge is 2.34. The van der Waals surface area contributed by atoms with Crippen LogP contribution in [0.5, 0.6) is 0 Å². The van der Waals surface area contributed by atoms with Crippen molar-refractivity contribution in [3.63, 3.8) is 0 Å². The summed E-state index contributed by atoms with van der Waals surface area (Å²) in [4.78, 5) is 8.00. The van der Waals surface area contributed by atoms with Crippen LogP contribution in [0.3, 0.4) is 0 Å². The van der Waals surface area contributed by atoms with Gasteiger partial charge in [0, 0.05) is 19.1 Å². The summed E-state index contributed by atoms with van der Waals surface area (Å²) in [6, 6.07) is 4.68. The highest BCUT2D eigenvalue weighted by molar-refractivity contribution is 7.13. The Morgan fingerprint density at radius 2 is 2.45 bits per heavy atom. The Bertz CT molecular complexity index is 554. The van der Waals surface area contributed by atoms with Gasteiger partial charge in [-0.15, -0.1) is 11.3 Å². The number of hydrogen-bond donors (Lipinski definition) is 1. The van der Waals surface area contributed by atoms with E-state index in [1.54, 1.807) is 11.3 Å². The van der Waals surface area contributed by atoms with Gasteiger partial charge >= 0.3 is 0 Å². The maximum Gasteiger partial charge on any atom is 0.241 e. The third kappa shape index (κ3) is 2.39. The summed E-state index contributed by atoms with van der Waals surface area (Å²) < 4.78 is 5.39. The molecule has 2 aliphatic heterocycles. The number of fused-ring (bicyclic) bond motifs is 1. The van der Waals surface area contributed by atoms with Crippen molar-refractivity contribution in [1.82, 2.24) is 20.4 Å². The number of hydrogen-bond acceptors (Lipinski definition) is 6. The predicted molar refractivity (Wildman–Crippen MR) is 77.4 cm³/mol. The fourth-order valence-corrected chi connectivity index (χ4v) is 3.93. The van der Waals surface area contributed by atoms with Gasteiger partial charge in [0.05, 0.1) is 11.4 Å². The number of piperidine rings is 1. The van der Waals surface area contributed by atoms with Gasteiger partial charge in [0.15, 0.2) is 0 Å².